The van der Waals surface area contributed by atoms with E-state index in [1.54, 1.807) is 18.5 Å². The summed E-state index contributed by atoms with van der Waals surface area (Å²) in [5.41, 5.74) is 2.56. The zero-order valence-corrected chi connectivity index (χ0v) is 17.4. The monoisotopic (exact) mass is 412 g/mol. The van der Waals surface area contributed by atoms with Crippen molar-refractivity contribution in [2.45, 2.75) is 56.1 Å². The number of pyridine rings is 1. The molecule has 0 N–H and O–H groups in total. The predicted molar refractivity (Wildman–Crippen MR) is 113 cm³/mol. The Morgan fingerprint density at radius 3 is 3.03 bits per heavy atom. The van der Waals surface area contributed by atoms with Gasteiger partial charge in [0.2, 0.25) is 5.91 Å². The number of rotatable bonds is 6. The van der Waals surface area contributed by atoms with Crippen molar-refractivity contribution in [2.24, 2.45) is 0 Å². The molecule has 1 fully saturated rings. The van der Waals surface area contributed by atoms with E-state index < -0.39 is 0 Å². The summed E-state index contributed by atoms with van der Waals surface area (Å²) >= 11 is 1.52. The second kappa shape index (κ2) is 8.95. The number of carbonyl (C=O) groups excluding carboxylic acids is 1. The number of carbonyl (C=O) groups is 1. The molecule has 152 valence electrons. The van der Waals surface area contributed by atoms with Gasteiger partial charge in [0.25, 0.3) is 0 Å². The molecule has 1 aromatic carbocycles. The highest BCUT2D eigenvalue weighted by atomic mass is 32.2. The summed E-state index contributed by atoms with van der Waals surface area (Å²) in [6, 6.07) is 8.77. The lowest BCUT2D eigenvalue weighted by molar-refractivity contribution is -0.135. The van der Waals surface area contributed by atoms with Crippen molar-refractivity contribution in [3.05, 3.63) is 54.1 Å². The van der Waals surface area contributed by atoms with E-state index in [1.807, 2.05) is 21.6 Å². The van der Waals surface area contributed by atoms with Gasteiger partial charge in [0.15, 0.2) is 5.16 Å². The van der Waals surface area contributed by atoms with Crippen LogP contribution >= 0.6 is 11.8 Å². The lowest BCUT2D eigenvalue weighted by Crippen LogP contribution is -2.44. The molecule has 0 spiro atoms. The van der Waals surface area contributed by atoms with Gasteiger partial charge in [0, 0.05) is 24.5 Å². The fourth-order valence-corrected chi connectivity index (χ4v) is 4.92. The van der Waals surface area contributed by atoms with Crippen LogP contribution in [0.3, 0.4) is 0 Å². The maximum Gasteiger partial charge on any atom is 0.242 e. The Balaban J connectivity index is 1.58. The highest BCUT2D eigenvalue weighted by Crippen LogP contribution is 2.28. The van der Waals surface area contributed by atoms with Crippen LogP contribution in [-0.4, -0.2) is 37.9 Å². The predicted octanol–water partition coefficient (Wildman–Crippen LogP) is 4.65. The van der Waals surface area contributed by atoms with Gasteiger partial charge < -0.3 is 9.47 Å². The maximum absolute atomic E-state index is 13.5. The molecular weight excluding hydrogens is 387 g/mol. The number of amides is 1. The van der Waals surface area contributed by atoms with Crippen molar-refractivity contribution in [2.75, 3.05) is 6.54 Å². The molecule has 1 saturated heterocycles. The van der Waals surface area contributed by atoms with Crippen molar-refractivity contribution in [1.29, 1.82) is 0 Å². The second-order valence-corrected chi connectivity index (χ2v) is 8.35. The number of benzene rings is 1. The van der Waals surface area contributed by atoms with E-state index in [0.717, 1.165) is 47.6 Å². The molecule has 1 atom stereocenters. The van der Waals surface area contributed by atoms with Gasteiger partial charge in [0.05, 0.1) is 17.2 Å². The summed E-state index contributed by atoms with van der Waals surface area (Å²) in [6.45, 7) is 3.23. The van der Waals surface area contributed by atoms with E-state index in [1.165, 1.54) is 30.3 Å². The van der Waals surface area contributed by atoms with Gasteiger partial charge in [0.1, 0.15) is 12.4 Å². The molecule has 0 radical (unpaired) electrons. The van der Waals surface area contributed by atoms with Crippen LogP contribution in [0.1, 0.15) is 38.2 Å². The van der Waals surface area contributed by atoms with Gasteiger partial charge in [-0.05, 0) is 49.4 Å². The molecular formula is C22H25FN4OS. The molecule has 5 nitrogen and oxygen atoms in total. The summed E-state index contributed by atoms with van der Waals surface area (Å²) in [5.74, 6) is 0.475. The molecule has 2 aromatic heterocycles. The lowest BCUT2D eigenvalue weighted by Gasteiger charge is -2.35. The number of nitrogens with zero attached hydrogens (tertiary/aromatic N) is 4. The number of fused-ring (bicyclic) bond motifs is 1. The fraction of sp³-hybridized carbons (Fsp3) is 0.409. The van der Waals surface area contributed by atoms with Gasteiger partial charge >= 0.3 is 0 Å². The largest absolute Gasteiger partial charge is 0.338 e. The van der Waals surface area contributed by atoms with E-state index in [4.69, 9.17) is 4.98 Å². The van der Waals surface area contributed by atoms with Crippen molar-refractivity contribution in [1.82, 2.24) is 19.4 Å². The van der Waals surface area contributed by atoms with Gasteiger partial charge in [-0.3, -0.25) is 9.78 Å². The van der Waals surface area contributed by atoms with Crippen LogP contribution in [0.15, 0.2) is 47.9 Å². The van der Waals surface area contributed by atoms with Crippen molar-refractivity contribution in [3.63, 3.8) is 0 Å². The summed E-state index contributed by atoms with van der Waals surface area (Å²) in [4.78, 5) is 24.1. The fourth-order valence-electron chi connectivity index (χ4n) is 3.96. The first-order chi connectivity index (χ1) is 14.2. The van der Waals surface area contributed by atoms with E-state index in [2.05, 4.69) is 11.9 Å². The molecule has 0 aliphatic carbocycles. The van der Waals surface area contributed by atoms with E-state index in [9.17, 15) is 9.18 Å². The van der Waals surface area contributed by atoms with Gasteiger partial charge in [-0.15, -0.1) is 0 Å². The standard InChI is InChI=1S/C22H25FN4OS/c1-2-18-8-3-4-11-26(18)21(28)14-27-20-13-24-10-9-19(20)25-22(27)29-15-16-6-5-7-17(23)12-16/h5-7,9-10,12-13,18H,2-4,8,11,14-15H2,1H3/t18-/m1/s1. The lowest BCUT2D eigenvalue weighted by atomic mass is 10.00. The third kappa shape index (κ3) is 4.45. The molecule has 1 amide bonds. The Bertz CT molecular complexity index is 1010. The SMILES string of the molecule is CC[C@@H]1CCCCN1C(=O)Cn1c(SCc2cccc(F)c2)nc2ccncc21. The number of likely N-dealkylation sites (tertiary alicyclic amines) is 1. The first kappa shape index (κ1) is 19.9. The van der Waals surface area contributed by atoms with Gasteiger partial charge in [-0.25, -0.2) is 9.37 Å². The normalized spacial score (nSPS) is 17.0. The highest BCUT2D eigenvalue weighted by Gasteiger charge is 2.26. The average molecular weight is 413 g/mol. The average Bonchev–Trinajstić information content (AvgIpc) is 3.09. The minimum Gasteiger partial charge on any atom is -0.338 e. The van der Waals surface area contributed by atoms with Crippen molar-refractivity contribution >= 4 is 28.7 Å². The highest BCUT2D eigenvalue weighted by molar-refractivity contribution is 7.98. The van der Waals surface area contributed by atoms with E-state index in [0.29, 0.717) is 11.8 Å². The molecule has 1 aliphatic heterocycles. The quantitative estimate of drug-likeness (QED) is 0.553. The number of piperidine rings is 1. The van der Waals surface area contributed by atoms with E-state index in [-0.39, 0.29) is 18.3 Å². The Morgan fingerprint density at radius 1 is 1.31 bits per heavy atom. The number of hydrogen-bond donors (Lipinski definition) is 0. The zero-order chi connectivity index (χ0) is 20.2. The molecule has 29 heavy (non-hydrogen) atoms. The minimum atomic E-state index is -0.244. The molecule has 4 rings (SSSR count). The topological polar surface area (TPSA) is 51.0 Å². The molecule has 0 bridgehead atoms. The van der Waals surface area contributed by atoms with Crippen LogP contribution in [-0.2, 0) is 17.1 Å². The Labute approximate surface area is 174 Å². The zero-order valence-electron chi connectivity index (χ0n) is 16.6. The first-order valence-corrected chi connectivity index (χ1v) is 11.1. The van der Waals surface area contributed by atoms with Crippen molar-refractivity contribution < 1.29 is 9.18 Å². The van der Waals surface area contributed by atoms with Crippen LogP contribution in [0.5, 0.6) is 0 Å². The summed E-state index contributed by atoms with van der Waals surface area (Å²) in [7, 11) is 0. The summed E-state index contributed by atoms with van der Waals surface area (Å²) in [5, 5.41) is 0.760. The second-order valence-electron chi connectivity index (χ2n) is 7.41. The van der Waals surface area contributed by atoms with Crippen LogP contribution in [0.25, 0.3) is 11.0 Å². The van der Waals surface area contributed by atoms with Gasteiger partial charge in [-0.1, -0.05) is 30.8 Å². The first-order valence-electron chi connectivity index (χ1n) is 10.1. The Hall–Kier alpha value is -2.41. The van der Waals surface area contributed by atoms with Crippen LogP contribution < -0.4 is 0 Å². The third-order valence-corrected chi connectivity index (χ3v) is 6.53. The molecule has 7 heteroatoms. The molecule has 3 aromatic rings. The summed E-state index contributed by atoms with van der Waals surface area (Å²) in [6.07, 6.45) is 7.79. The Kier molecular flexibility index (Phi) is 6.13. The van der Waals surface area contributed by atoms with Crippen molar-refractivity contribution in [3.8, 4) is 0 Å². The summed E-state index contributed by atoms with van der Waals surface area (Å²) < 4.78 is 15.5. The van der Waals surface area contributed by atoms with Crippen LogP contribution in [0.4, 0.5) is 4.39 Å². The molecule has 0 saturated carbocycles. The van der Waals surface area contributed by atoms with Crippen LogP contribution in [0.2, 0.25) is 0 Å². The minimum absolute atomic E-state index is 0.132. The Morgan fingerprint density at radius 2 is 2.21 bits per heavy atom. The smallest absolute Gasteiger partial charge is 0.242 e. The number of halogens is 1. The third-order valence-electron chi connectivity index (χ3n) is 5.48. The molecule has 1 aliphatic rings. The van der Waals surface area contributed by atoms with E-state index >= 15 is 0 Å². The van der Waals surface area contributed by atoms with Crippen LogP contribution in [0, 0.1) is 5.82 Å². The molecule has 3 heterocycles. The number of imidazole rings is 1. The number of aromatic nitrogens is 3. The number of hydrogen-bond acceptors (Lipinski definition) is 4. The maximum atomic E-state index is 13.5. The number of thioether (sulfide) groups is 1. The molecule has 0 unspecified atom stereocenters. The van der Waals surface area contributed by atoms with Gasteiger partial charge in [-0.2, -0.15) is 0 Å².